The molecule has 0 aromatic carbocycles. The fourth-order valence-corrected chi connectivity index (χ4v) is 4.89. The molecule has 1 unspecified atom stereocenters. The van der Waals surface area contributed by atoms with Crippen LogP contribution in [-0.4, -0.2) is 48.4 Å². The van der Waals surface area contributed by atoms with Gasteiger partial charge in [0.25, 0.3) is 5.91 Å². The highest BCUT2D eigenvalue weighted by Gasteiger charge is 2.52. The van der Waals surface area contributed by atoms with Gasteiger partial charge in [0.2, 0.25) is 0 Å². The maximum absolute atomic E-state index is 13.0. The average molecular weight is 340 g/mol. The molecule has 3 aliphatic rings. The van der Waals surface area contributed by atoms with Crippen molar-refractivity contribution in [3.8, 4) is 0 Å². The monoisotopic (exact) mass is 340 g/mol. The lowest BCUT2D eigenvalue weighted by atomic mass is 9.76. The second kappa shape index (κ2) is 5.41. The minimum Gasteiger partial charge on any atom is -0.336 e. The van der Waals surface area contributed by atoms with E-state index in [0.717, 1.165) is 18.9 Å². The molecule has 25 heavy (non-hydrogen) atoms. The van der Waals surface area contributed by atoms with E-state index in [4.69, 9.17) is 0 Å². The third kappa shape index (κ3) is 2.40. The Kier molecular flexibility index (Phi) is 3.27. The van der Waals surface area contributed by atoms with Crippen LogP contribution in [0.15, 0.2) is 18.6 Å². The average Bonchev–Trinajstić information content (AvgIpc) is 3.06. The van der Waals surface area contributed by atoms with Gasteiger partial charge in [0.15, 0.2) is 0 Å². The lowest BCUT2D eigenvalue weighted by Crippen LogP contribution is -2.31. The van der Waals surface area contributed by atoms with Crippen molar-refractivity contribution in [3.63, 3.8) is 0 Å². The van der Waals surface area contributed by atoms with Crippen molar-refractivity contribution in [2.24, 2.45) is 12.5 Å². The van der Waals surface area contributed by atoms with Gasteiger partial charge in [-0.2, -0.15) is 5.10 Å². The summed E-state index contributed by atoms with van der Waals surface area (Å²) in [6, 6.07) is 2.38. The van der Waals surface area contributed by atoms with E-state index in [2.05, 4.69) is 19.9 Å². The maximum Gasteiger partial charge on any atom is 0.274 e. The number of carbonyl (C=O) groups excluding carboxylic acids is 1. The molecule has 2 aliphatic carbocycles. The zero-order chi connectivity index (χ0) is 17.0. The molecular weight excluding hydrogens is 316 g/mol. The van der Waals surface area contributed by atoms with E-state index in [1.165, 1.54) is 38.5 Å². The third-order valence-corrected chi connectivity index (χ3v) is 6.32. The summed E-state index contributed by atoms with van der Waals surface area (Å²) >= 11 is 0. The number of aromatic nitrogens is 5. The summed E-state index contributed by atoms with van der Waals surface area (Å²) in [5.41, 5.74) is 0.712. The summed E-state index contributed by atoms with van der Waals surface area (Å²) in [4.78, 5) is 15.0. The number of nitrogens with zero attached hydrogens (tertiary/aromatic N) is 6. The maximum atomic E-state index is 13.0. The van der Waals surface area contributed by atoms with Gasteiger partial charge in [0.1, 0.15) is 17.8 Å². The molecule has 1 atom stereocenters. The molecule has 1 saturated heterocycles. The highest BCUT2D eigenvalue weighted by Crippen LogP contribution is 2.54. The standard InChI is InChI=1S/C18H24N6O/c1-22-9-6-15(21-22)17(25)23-10-14(18(11-23)7-2-3-8-18)16-20-19-12-24(16)13-4-5-13/h6,9,12-14H,2-5,7-8,10-11H2,1H3. The molecular formula is C18H24N6O. The van der Waals surface area contributed by atoms with Crippen LogP contribution in [0.4, 0.5) is 0 Å². The van der Waals surface area contributed by atoms with Crippen LogP contribution in [0.1, 0.15) is 66.8 Å². The van der Waals surface area contributed by atoms with Gasteiger partial charge < -0.3 is 9.47 Å². The number of aryl methyl sites for hydroxylation is 1. The molecule has 2 saturated carbocycles. The van der Waals surface area contributed by atoms with E-state index in [1.54, 1.807) is 4.68 Å². The largest absolute Gasteiger partial charge is 0.336 e. The van der Waals surface area contributed by atoms with Crippen LogP contribution in [0.25, 0.3) is 0 Å². The zero-order valence-corrected chi connectivity index (χ0v) is 14.6. The predicted octanol–water partition coefficient (Wildman–Crippen LogP) is 2.15. The summed E-state index contributed by atoms with van der Waals surface area (Å²) in [6.45, 7) is 1.56. The predicted molar refractivity (Wildman–Crippen MR) is 91.0 cm³/mol. The van der Waals surface area contributed by atoms with Gasteiger partial charge in [-0.3, -0.25) is 9.48 Å². The number of hydrogen-bond donors (Lipinski definition) is 0. The Bertz CT molecular complexity index is 798. The first kappa shape index (κ1) is 15.1. The van der Waals surface area contributed by atoms with E-state index in [-0.39, 0.29) is 11.3 Å². The normalized spacial score (nSPS) is 25.2. The molecule has 0 bridgehead atoms. The van der Waals surface area contributed by atoms with Crippen LogP contribution in [0, 0.1) is 5.41 Å². The Morgan fingerprint density at radius 3 is 2.76 bits per heavy atom. The topological polar surface area (TPSA) is 68.8 Å². The van der Waals surface area contributed by atoms with Crippen molar-refractivity contribution in [3.05, 3.63) is 30.1 Å². The quantitative estimate of drug-likeness (QED) is 0.858. The van der Waals surface area contributed by atoms with E-state index in [1.807, 2.05) is 30.5 Å². The van der Waals surface area contributed by atoms with Crippen LogP contribution < -0.4 is 0 Å². The minimum atomic E-state index is 0.0480. The first-order valence-electron chi connectivity index (χ1n) is 9.35. The van der Waals surface area contributed by atoms with Crippen molar-refractivity contribution in [2.45, 2.75) is 50.5 Å². The smallest absolute Gasteiger partial charge is 0.274 e. The van der Waals surface area contributed by atoms with Crippen molar-refractivity contribution < 1.29 is 4.79 Å². The van der Waals surface area contributed by atoms with E-state index < -0.39 is 0 Å². The molecule has 0 radical (unpaired) electrons. The number of carbonyl (C=O) groups is 1. The van der Waals surface area contributed by atoms with Gasteiger partial charge in [-0.25, -0.2) is 0 Å². The van der Waals surface area contributed by atoms with Gasteiger partial charge in [-0.1, -0.05) is 12.8 Å². The summed E-state index contributed by atoms with van der Waals surface area (Å²) in [5, 5.41) is 13.0. The highest BCUT2D eigenvalue weighted by molar-refractivity contribution is 5.92. The summed E-state index contributed by atoms with van der Waals surface area (Å²) in [6.07, 6.45) is 11.0. The first-order chi connectivity index (χ1) is 12.2. The van der Waals surface area contributed by atoms with Crippen LogP contribution in [-0.2, 0) is 7.05 Å². The van der Waals surface area contributed by atoms with Gasteiger partial charge >= 0.3 is 0 Å². The molecule has 0 N–H and O–H groups in total. The molecule has 2 aromatic rings. The van der Waals surface area contributed by atoms with Gasteiger partial charge in [-0.15, -0.1) is 10.2 Å². The molecule has 1 aliphatic heterocycles. The van der Waals surface area contributed by atoms with Gasteiger partial charge in [0.05, 0.1) is 0 Å². The van der Waals surface area contributed by atoms with Crippen molar-refractivity contribution in [1.29, 1.82) is 0 Å². The zero-order valence-electron chi connectivity index (χ0n) is 14.6. The minimum absolute atomic E-state index is 0.0480. The van der Waals surface area contributed by atoms with E-state index in [0.29, 0.717) is 17.7 Å². The van der Waals surface area contributed by atoms with Crippen LogP contribution in [0.2, 0.25) is 0 Å². The van der Waals surface area contributed by atoms with Crippen molar-refractivity contribution in [1.82, 2.24) is 29.4 Å². The van der Waals surface area contributed by atoms with Crippen molar-refractivity contribution in [2.75, 3.05) is 13.1 Å². The fraction of sp³-hybridized carbons (Fsp3) is 0.667. The molecule has 132 valence electrons. The summed E-state index contributed by atoms with van der Waals surface area (Å²) in [7, 11) is 1.85. The SMILES string of the molecule is Cn1ccc(C(=O)N2CC(c3nncn3C3CC3)C3(CCCC3)C2)n1. The summed E-state index contributed by atoms with van der Waals surface area (Å²) in [5.74, 6) is 1.44. The Balaban J connectivity index is 1.47. The number of hydrogen-bond acceptors (Lipinski definition) is 4. The molecule has 3 fully saturated rings. The lowest BCUT2D eigenvalue weighted by Gasteiger charge is -2.29. The number of rotatable bonds is 3. The molecule has 1 amide bonds. The Morgan fingerprint density at radius 2 is 2.08 bits per heavy atom. The lowest BCUT2D eigenvalue weighted by molar-refractivity contribution is 0.0766. The van der Waals surface area contributed by atoms with Crippen LogP contribution in [0.5, 0.6) is 0 Å². The molecule has 7 heteroatoms. The Hall–Kier alpha value is -2.18. The molecule has 7 nitrogen and oxygen atoms in total. The number of likely N-dealkylation sites (tertiary alicyclic amines) is 1. The second-order valence-corrected chi connectivity index (χ2v) is 8.01. The Labute approximate surface area is 147 Å². The van der Waals surface area contributed by atoms with Crippen LogP contribution in [0.3, 0.4) is 0 Å². The van der Waals surface area contributed by atoms with Gasteiger partial charge in [-0.05, 0) is 37.2 Å². The fourth-order valence-electron chi connectivity index (χ4n) is 4.89. The van der Waals surface area contributed by atoms with Gasteiger partial charge in [0, 0.05) is 38.3 Å². The molecule has 3 heterocycles. The van der Waals surface area contributed by atoms with Crippen molar-refractivity contribution >= 4 is 5.91 Å². The third-order valence-electron chi connectivity index (χ3n) is 6.32. The second-order valence-electron chi connectivity index (χ2n) is 8.01. The number of amides is 1. The van der Waals surface area contributed by atoms with Crippen LogP contribution >= 0.6 is 0 Å². The molecule has 2 aromatic heterocycles. The molecule has 5 rings (SSSR count). The van der Waals surface area contributed by atoms with E-state index >= 15 is 0 Å². The van der Waals surface area contributed by atoms with E-state index in [9.17, 15) is 4.79 Å². The molecule has 1 spiro atoms. The first-order valence-corrected chi connectivity index (χ1v) is 9.35. The Morgan fingerprint density at radius 1 is 1.28 bits per heavy atom. The summed E-state index contributed by atoms with van der Waals surface area (Å²) < 4.78 is 3.97. The highest BCUT2D eigenvalue weighted by atomic mass is 16.2.